The van der Waals surface area contributed by atoms with Crippen molar-refractivity contribution in [2.75, 3.05) is 31.4 Å². The summed E-state index contributed by atoms with van der Waals surface area (Å²) < 4.78 is 30.1. The summed E-state index contributed by atoms with van der Waals surface area (Å²) in [6.45, 7) is 1.24. The molecule has 0 saturated heterocycles. The molecule has 0 aromatic heterocycles. The fourth-order valence-corrected chi connectivity index (χ4v) is 5.10. The Bertz CT molecular complexity index is 1330. The number of rotatable bonds is 6. The summed E-state index contributed by atoms with van der Waals surface area (Å²) in [7, 11) is 0. The third-order valence-corrected chi connectivity index (χ3v) is 6.80. The van der Waals surface area contributed by atoms with Crippen molar-refractivity contribution in [3.05, 3.63) is 83.2 Å². The predicted octanol–water partition coefficient (Wildman–Crippen LogP) is 3.33. The Hall–Kier alpha value is -4.07. The molecule has 1 spiro atoms. The van der Waals surface area contributed by atoms with Gasteiger partial charge in [-0.3, -0.25) is 9.59 Å². The van der Waals surface area contributed by atoms with Crippen LogP contribution in [0.1, 0.15) is 23.1 Å². The highest BCUT2D eigenvalue weighted by molar-refractivity contribution is 6.11. The van der Waals surface area contributed by atoms with Crippen LogP contribution in [-0.4, -0.2) is 38.3 Å². The van der Waals surface area contributed by atoms with Crippen molar-refractivity contribution in [2.45, 2.75) is 18.3 Å². The van der Waals surface area contributed by atoms with Crippen molar-refractivity contribution < 1.29 is 28.2 Å². The van der Waals surface area contributed by atoms with Gasteiger partial charge in [0.2, 0.25) is 18.6 Å². The van der Waals surface area contributed by atoms with E-state index in [1.807, 2.05) is 30.3 Å². The zero-order valence-corrected chi connectivity index (χ0v) is 18.9. The Morgan fingerprint density at radius 3 is 2.57 bits per heavy atom. The second kappa shape index (κ2) is 8.30. The Balaban J connectivity index is 1.17. The minimum atomic E-state index is -0.932. The van der Waals surface area contributed by atoms with E-state index in [0.29, 0.717) is 36.8 Å². The largest absolute Gasteiger partial charge is 0.491 e. The molecule has 1 N–H and O–H groups in total. The first-order valence-electron chi connectivity index (χ1n) is 11.6. The number of nitrogens with zero attached hydrogens (tertiary/aromatic N) is 1. The van der Waals surface area contributed by atoms with Crippen LogP contribution < -0.4 is 24.4 Å². The lowest BCUT2D eigenvalue weighted by Crippen LogP contribution is -2.43. The van der Waals surface area contributed by atoms with Crippen LogP contribution in [0.15, 0.2) is 60.7 Å². The number of nitrogens with one attached hydrogen (secondary N) is 1. The molecule has 6 rings (SSSR count). The number of hydrogen-bond donors (Lipinski definition) is 1. The summed E-state index contributed by atoms with van der Waals surface area (Å²) in [6, 6.07) is 17.3. The first-order valence-corrected chi connectivity index (χ1v) is 11.6. The Kier molecular flexibility index (Phi) is 5.09. The highest BCUT2D eigenvalue weighted by Gasteiger charge is 2.57. The van der Waals surface area contributed by atoms with Gasteiger partial charge in [0, 0.05) is 30.4 Å². The summed E-state index contributed by atoms with van der Waals surface area (Å²) in [4.78, 5) is 28.0. The van der Waals surface area contributed by atoms with Gasteiger partial charge in [0.05, 0.1) is 6.42 Å². The van der Waals surface area contributed by atoms with Gasteiger partial charge in [-0.1, -0.05) is 30.3 Å². The van der Waals surface area contributed by atoms with E-state index >= 15 is 0 Å². The van der Waals surface area contributed by atoms with Gasteiger partial charge in [0.25, 0.3) is 0 Å². The van der Waals surface area contributed by atoms with Gasteiger partial charge in [-0.25, -0.2) is 4.39 Å². The van der Waals surface area contributed by atoms with E-state index in [1.54, 1.807) is 23.1 Å². The minimum Gasteiger partial charge on any atom is -0.491 e. The van der Waals surface area contributed by atoms with Crippen molar-refractivity contribution in [3.8, 4) is 17.2 Å². The van der Waals surface area contributed by atoms with E-state index in [0.717, 1.165) is 22.4 Å². The number of carbonyl (C=O) groups excluding carboxylic acids is 2. The lowest BCUT2D eigenvalue weighted by Gasteiger charge is -2.23. The number of fused-ring (bicyclic) bond motifs is 5. The molecule has 7 nitrogen and oxygen atoms in total. The van der Waals surface area contributed by atoms with Gasteiger partial charge in [0.1, 0.15) is 23.6 Å². The number of halogens is 1. The molecular weight excluding hydrogens is 451 g/mol. The van der Waals surface area contributed by atoms with Crippen molar-refractivity contribution >= 4 is 17.5 Å². The van der Waals surface area contributed by atoms with Gasteiger partial charge in [-0.2, -0.15) is 0 Å². The van der Waals surface area contributed by atoms with Crippen LogP contribution in [0.4, 0.5) is 10.1 Å². The molecule has 3 aliphatic heterocycles. The Morgan fingerprint density at radius 1 is 0.971 bits per heavy atom. The van der Waals surface area contributed by atoms with Crippen LogP contribution in [0.5, 0.6) is 17.2 Å². The number of para-hydroxylation sites is 1. The third-order valence-electron chi connectivity index (χ3n) is 6.80. The summed E-state index contributed by atoms with van der Waals surface area (Å²) >= 11 is 0. The highest BCUT2D eigenvalue weighted by Crippen LogP contribution is 2.54. The summed E-state index contributed by atoms with van der Waals surface area (Å²) in [5.41, 5.74) is 2.36. The predicted molar refractivity (Wildman–Crippen MR) is 125 cm³/mol. The molecule has 0 bridgehead atoms. The van der Waals surface area contributed by atoms with Gasteiger partial charge in [-0.15, -0.1) is 0 Å². The van der Waals surface area contributed by atoms with Gasteiger partial charge < -0.3 is 24.4 Å². The molecule has 2 amide bonds. The maximum absolute atomic E-state index is 13.9. The van der Waals surface area contributed by atoms with E-state index in [1.165, 1.54) is 12.1 Å². The lowest BCUT2D eigenvalue weighted by molar-refractivity contribution is -0.122. The summed E-state index contributed by atoms with van der Waals surface area (Å²) in [6.07, 6.45) is 0.763. The average Bonchev–Trinajstić information content (AvgIpc) is 3.54. The smallest absolute Gasteiger partial charge is 0.245 e. The topological polar surface area (TPSA) is 77.1 Å². The maximum Gasteiger partial charge on any atom is 0.245 e. The van der Waals surface area contributed by atoms with Crippen molar-refractivity contribution in [1.82, 2.24) is 5.32 Å². The molecule has 3 heterocycles. The van der Waals surface area contributed by atoms with E-state index in [9.17, 15) is 14.0 Å². The summed E-state index contributed by atoms with van der Waals surface area (Å²) in [5, 5.41) is 2.89. The van der Waals surface area contributed by atoms with Crippen LogP contribution in [0.25, 0.3) is 0 Å². The molecule has 0 fully saturated rings. The quantitative estimate of drug-likeness (QED) is 0.555. The van der Waals surface area contributed by atoms with E-state index in [-0.39, 0.29) is 37.5 Å². The average molecular weight is 474 g/mol. The number of ether oxygens (including phenoxy) is 3. The molecule has 1 atom stereocenters. The first kappa shape index (κ1) is 21.5. The number of anilines is 1. The molecule has 3 aliphatic rings. The van der Waals surface area contributed by atoms with E-state index in [4.69, 9.17) is 14.2 Å². The molecule has 178 valence electrons. The number of amides is 2. The van der Waals surface area contributed by atoms with E-state index < -0.39 is 5.41 Å². The normalized spacial score (nSPS) is 19.0. The van der Waals surface area contributed by atoms with Gasteiger partial charge >= 0.3 is 0 Å². The fraction of sp³-hybridized carbons (Fsp3) is 0.259. The highest BCUT2D eigenvalue weighted by atomic mass is 19.1. The minimum absolute atomic E-state index is 0.0473. The monoisotopic (exact) mass is 474 g/mol. The molecule has 0 saturated carbocycles. The Morgan fingerprint density at radius 2 is 1.74 bits per heavy atom. The lowest BCUT2D eigenvalue weighted by atomic mass is 9.77. The maximum atomic E-state index is 13.9. The second-order valence-corrected chi connectivity index (χ2v) is 8.88. The Labute approximate surface area is 201 Å². The van der Waals surface area contributed by atoms with Crippen molar-refractivity contribution in [3.63, 3.8) is 0 Å². The van der Waals surface area contributed by atoms with Gasteiger partial charge in [0.15, 0.2) is 11.5 Å². The molecule has 3 aromatic carbocycles. The standard InChI is InChI=1S/C27H23FN2O5/c28-18-8-6-17(7-9-18)12-25(31)29-10-3-11-30-21-5-2-1-4-19(21)27(26(30)32)15-33-22-14-24-23(13-20(22)27)34-16-35-24/h1-2,4-9,13-14H,3,10-12,15-16H2,(H,29,31). The first-order chi connectivity index (χ1) is 17.1. The molecule has 3 aromatic rings. The zero-order chi connectivity index (χ0) is 24.0. The second-order valence-electron chi connectivity index (χ2n) is 8.88. The number of carbonyl (C=O) groups is 2. The van der Waals surface area contributed by atoms with Crippen LogP contribution >= 0.6 is 0 Å². The fourth-order valence-electron chi connectivity index (χ4n) is 5.10. The number of hydrogen-bond acceptors (Lipinski definition) is 5. The molecule has 8 heteroatoms. The van der Waals surface area contributed by atoms with Crippen LogP contribution in [-0.2, 0) is 21.4 Å². The van der Waals surface area contributed by atoms with Crippen molar-refractivity contribution in [2.24, 2.45) is 0 Å². The molecule has 1 unspecified atom stereocenters. The third kappa shape index (κ3) is 3.48. The summed E-state index contributed by atoms with van der Waals surface area (Å²) in [5.74, 6) is 1.34. The zero-order valence-electron chi connectivity index (χ0n) is 18.9. The van der Waals surface area contributed by atoms with Crippen LogP contribution in [0, 0.1) is 5.82 Å². The van der Waals surface area contributed by atoms with Gasteiger partial charge in [-0.05, 0) is 41.8 Å². The van der Waals surface area contributed by atoms with Crippen LogP contribution in [0.2, 0.25) is 0 Å². The van der Waals surface area contributed by atoms with E-state index in [2.05, 4.69) is 5.32 Å². The number of benzene rings is 3. The van der Waals surface area contributed by atoms with Crippen molar-refractivity contribution in [1.29, 1.82) is 0 Å². The van der Waals surface area contributed by atoms with Crippen LogP contribution in [0.3, 0.4) is 0 Å². The molecular formula is C27H23FN2O5. The molecule has 35 heavy (non-hydrogen) atoms. The molecule has 0 radical (unpaired) electrons. The molecule has 0 aliphatic carbocycles. The SMILES string of the molecule is O=C(Cc1ccc(F)cc1)NCCCN1C(=O)C2(COc3cc4c(cc32)OCO4)c2ccccc21.